The van der Waals surface area contributed by atoms with Crippen molar-refractivity contribution in [3.8, 4) is 17.0 Å². The molecule has 21 heavy (non-hydrogen) atoms. The number of hydrogen-bond acceptors (Lipinski definition) is 2. The predicted molar refractivity (Wildman–Crippen MR) is 85.7 cm³/mol. The Bertz CT molecular complexity index is 830. The SMILES string of the molecule is Oc1cc(-c2ccccc2)nc2c([CH]=[Ru]([Cl])[Cl])cccc12. The third kappa shape index (κ3) is 3.16. The van der Waals surface area contributed by atoms with Gasteiger partial charge in [0.2, 0.25) is 0 Å². The third-order valence-electron chi connectivity index (χ3n) is 3.11. The quantitative estimate of drug-likeness (QED) is 0.628. The van der Waals surface area contributed by atoms with Crippen molar-refractivity contribution < 1.29 is 18.6 Å². The van der Waals surface area contributed by atoms with Crippen molar-refractivity contribution in [2.24, 2.45) is 0 Å². The van der Waals surface area contributed by atoms with E-state index in [2.05, 4.69) is 4.98 Å². The van der Waals surface area contributed by atoms with Crippen LogP contribution in [0, 0.1) is 0 Å². The number of para-hydroxylation sites is 1. The van der Waals surface area contributed by atoms with Crippen LogP contribution in [0.2, 0.25) is 0 Å². The molecule has 3 rings (SSSR count). The molecule has 1 aromatic heterocycles. The van der Waals surface area contributed by atoms with Crippen molar-refractivity contribution in [2.45, 2.75) is 0 Å². The minimum absolute atomic E-state index is 0.206. The molecular weight excluding hydrogens is 394 g/mol. The van der Waals surface area contributed by atoms with Crippen molar-refractivity contribution >= 4 is 34.9 Å². The van der Waals surface area contributed by atoms with E-state index in [1.807, 2.05) is 53.1 Å². The van der Waals surface area contributed by atoms with E-state index in [0.29, 0.717) is 5.39 Å². The van der Waals surface area contributed by atoms with E-state index in [0.717, 1.165) is 22.3 Å². The maximum atomic E-state index is 10.3. The van der Waals surface area contributed by atoms with E-state index in [-0.39, 0.29) is 5.75 Å². The summed E-state index contributed by atoms with van der Waals surface area (Å²) in [6.45, 7) is 0. The van der Waals surface area contributed by atoms with Crippen LogP contribution >= 0.6 is 19.4 Å². The van der Waals surface area contributed by atoms with Crippen LogP contribution in [0.25, 0.3) is 22.2 Å². The average molecular weight is 405 g/mol. The van der Waals surface area contributed by atoms with Gasteiger partial charge in [0, 0.05) is 0 Å². The van der Waals surface area contributed by atoms with Crippen molar-refractivity contribution in [2.75, 3.05) is 0 Å². The number of pyridine rings is 1. The van der Waals surface area contributed by atoms with Crippen LogP contribution < -0.4 is 0 Å². The second kappa shape index (κ2) is 6.23. The molecule has 0 fully saturated rings. The summed E-state index contributed by atoms with van der Waals surface area (Å²) in [5.74, 6) is 0.206. The normalized spacial score (nSPS) is 11.4. The Morgan fingerprint density at radius 3 is 2.48 bits per heavy atom. The fourth-order valence-corrected chi connectivity index (χ4v) is 3.97. The number of fused-ring (bicyclic) bond motifs is 1. The molecule has 2 aromatic carbocycles. The molecule has 108 valence electrons. The third-order valence-corrected chi connectivity index (χ3v) is 4.94. The van der Waals surface area contributed by atoms with Gasteiger partial charge in [-0.25, -0.2) is 0 Å². The van der Waals surface area contributed by atoms with Gasteiger partial charge in [-0.2, -0.15) is 0 Å². The van der Waals surface area contributed by atoms with Crippen molar-refractivity contribution in [1.82, 2.24) is 4.98 Å². The zero-order valence-electron chi connectivity index (χ0n) is 10.8. The van der Waals surface area contributed by atoms with Gasteiger partial charge >= 0.3 is 136 Å². The van der Waals surface area contributed by atoms with Gasteiger partial charge in [-0.15, -0.1) is 0 Å². The van der Waals surface area contributed by atoms with Crippen LogP contribution in [-0.4, -0.2) is 14.7 Å². The van der Waals surface area contributed by atoms with Crippen molar-refractivity contribution in [3.63, 3.8) is 0 Å². The van der Waals surface area contributed by atoms with Gasteiger partial charge in [0.15, 0.2) is 0 Å². The van der Waals surface area contributed by atoms with Crippen molar-refractivity contribution in [1.29, 1.82) is 0 Å². The standard InChI is InChI=1S/C16H11NO.2ClH.Ru/c1-11-6-5-9-13-15(18)10-14(17-16(11)13)12-7-3-2-4-8-12;;;/h1-10H,(H,17,18);2*1H;/q;;;+2/p-2. The van der Waals surface area contributed by atoms with Crippen LogP contribution in [0.3, 0.4) is 0 Å². The van der Waals surface area contributed by atoms with Gasteiger partial charge in [0.05, 0.1) is 0 Å². The Hall–Kier alpha value is -1.28. The second-order valence-corrected chi connectivity index (χ2v) is 10.2. The number of hydrogen-bond donors (Lipinski definition) is 1. The molecule has 0 saturated heterocycles. The van der Waals surface area contributed by atoms with E-state index in [1.54, 1.807) is 6.07 Å². The van der Waals surface area contributed by atoms with E-state index >= 15 is 0 Å². The first-order chi connectivity index (χ1) is 10.1. The molecule has 0 aliphatic rings. The summed E-state index contributed by atoms with van der Waals surface area (Å²) in [7, 11) is 11.9. The Morgan fingerprint density at radius 2 is 1.76 bits per heavy atom. The predicted octanol–water partition coefficient (Wildman–Crippen LogP) is 4.68. The summed E-state index contributed by atoms with van der Waals surface area (Å²) in [4.78, 5) is 4.67. The fraction of sp³-hybridized carbons (Fsp3) is 0. The Morgan fingerprint density at radius 1 is 1.00 bits per heavy atom. The molecule has 0 unspecified atom stereocenters. The number of nitrogens with zero attached hydrogens (tertiary/aromatic N) is 1. The molecule has 5 heteroatoms. The minimum atomic E-state index is -1.95. The molecule has 2 nitrogen and oxygen atoms in total. The first kappa shape index (κ1) is 14.7. The molecule has 0 amide bonds. The molecule has 0 aliphatic heterocycles. The molecule has 0 aliphatic carbocycles. The summed E-state index contributed by atoms with van der Waals surface area (Å²) in [6.07, 6.45) is 0. The molecule has 0 spiro atoms. The van der Waals surface area contributed by atoms with E-state index in [1.165, 1.54) is 0 Å². The molecule has 1 N–H and O–H groups in total. The molecule has 0 radical (unpaired) electrons. The molecule has 0 saturated carbocycles. The van der Waals surface area contributed by atoms with Crippen LogP contribution in [0.5, 0.6) is 5.75 Å². The van der Waals surface area contributed by atoms with Gasteiger partial charge in [-0.05, 0) is 0 Å². The van der Waals surface area contributed by atoms with Crippen LogP contribution in [0.4, 0.5) is 0 Å². The van der Waals surface area contributed by atoms with Gasteiger partial charge in [-0.1, -0.05) is 0 Å². The number of benzene rings is 2. The van der Waals surface area contributed by atoms with E-state index < -0.39 is 13.5 Å². The molecule has 0 bridgehead atoms. The zero-order chi connectivity index (χ0) is 14.8. The van der Waals surface area contributed by atoms with Crippen LogP contribution in [0.15, 0.2) is 54.6 Å². The fourth-order valence-electron chi connectivity index (χ4n) is 2.18. The van der Waals surface area contributed by atoms with Crippen molar-refractivity contribution in [3.05, 3.63) is 60.2 Å². The van der Waals surface area contributed by atoms with Gasteiger partial charge < -0.3 is 0 Å². The number of aromatic nitrogens is 1. The maximum absolute atomic E-state index is 10.3. The van der Waals surface area contributed by atoms with Gasteiger partial charge in [0.25, 0.3) is 0 Å². The first-order valence-corrected chi connectivity index (χ1v) is 11.6. The first-order valence-electron chi connectivity index (χ1n) is 6.16. The van der Waals surface area contributed by atoms with E-state index in [9.17, 15) is 5.11 Å². The second-order valence-electron chi connectivity index (χ2n) is 4.44. The monoisotopic (exact) mass is 405 g/mol. The molecule has 3 aromatic rings. The zero-order valence-corrected chi connectivity index (χ0v) is 14.0. The van der Waals surface area contributed by atoms with Gasteiger partial charge in [0.1, 0.15) is 0 Å². The molecule has 1 heterocycles. The molecule has 0 atom stereocenters. The average Bonchev–Trinajstić information content (AvgIpc) is 2.48. The summed E-state index contributed by atoms with van der Waals surface area (Å²) in [5, 5.41) is 11.0. The number of rotatable bonds is 2. The van der Waals surface area contributed by atoms with Gasteiger partial charge in [-0.3, -0.25) is 0 Å². The topological polar surface area (TPSA) is 33.1 Å². The summed E-state index contributed by atoms with van der Waals surface area (Å²) >= 11 is -1.95. The van der Waals surface area contributed by atoms with Crippen LogP contribution in [0.1, 0.15) is 5.56 Å². The Kier molecular flexibility index (Phi) is 4.35. The summed E-state index contributed by atoms with van der Waals surface area (Å²) < 4.78 is 1.84. The summed E-state index contributed by atoms with van der Waals surface area (Å²) in [6, 6.07) is 17.0. The van der Waals surface area contributed by atoms with E-state index in [4.69, 9.17) is 19.4 Å². The Balaban J connectivity index is 2.29. The number of aromatic hydroxyl groups is 1. The molecular formula is C16H11Cl2NORu. The summed E-state index contributed by atoms with van der Waals surface area (Å²) in [5.41, 5.74) is 3.26. The van der Waals surface area contributed by atoms with Crippen LogP contribution in [-0.2, 0) is 13.5 Å². The Labute approximate surface area is 135 Å². The number of halogens is 2.